The highest BCUT2D eigenvalue weighted by Crippen LogP contribution is 2.55. The van der Waals surface area contributed by atoms with Crippen LogP contribution in [0.5, 0.6) is 0 Å². The number of halogens is 2. The minimum Gasteiger partial charge on any atom is -0.355 e. The Labute approximate surface area is 544 Å². The fourth-order valence-corrected chi connectivity index (χ4v) is 15.9. The van der Waals surface area contributed by atoms with Crippen molar-refractivity contribution in [2.45, 2.75) is 0 Å². The van der Waals surface area contributed by atoms with E-state index in [1.54, 1.807) is 0 Å². The first-order valence-electron chi connectivity index (χ1n) is 30.9. The molecule has 17 aromatic rings. The molecule has 0 saturated carbocycles. The van der Waals surface area contributed by atoms with Crippen LogP contribution in [0.25, 0.3) is 131 Å². The fraction of sp³-hybridized carbons (Fsp3) is 0. The van der Waals surface area contributed by atoms with Gasteiger partial charge in [-0.3, -0.25) is 0 Å². The van der Waals surface area contributed by atoms with Gasteiger partial charge in [0.1, 0.15) is 0 Å². The van der Waals surface area contributed by atoms with E-state index < -0.39 is 0 Å². The van der Waals surface area contributed by atoms with E-state index >= 15 is 0 Å². The number of benzene rings is 17. The van der Waals surface area contributed by atoms with E-state index in [1.165, 1.54) is 166 Å². The van der Waals surface area contributed by atoms with Crippen LogP contribution in [0.4, 0.5) is 45.5 Å². The van der Waals surface area contributed by atoms with Crippen molar-refractivity contribution in [2.24, 2.45) is 0 Å². The van der Waals surface area contributed by atoms with E-state index in [-0.39, 0.29) is 0 Å². The number of para-hydroxylation sites is 6. The third-order valence-electron chi connectivity index (χ3n) is 18.7. The Hall–Kier alpha value is -10.8. The molecule has 3 heterocycles. The molecule has 5 heteroatoms. The lowest BCUT2D eigenvalue weighted by Gasteiger charge is -2.29. The maximum atomic E-state index is 3.58. The van der Waals surface area contributed by atoms with Crippen LogP contribution in [0.15, 0.2) is 324 Å². The first-order valence-corrected chi connectivity index (χ1v) is 32.5. The molecule has 17 aromatic carbocycles. The molecule has 1 N–H and O–H groups in total. The molecule has 3 nitrogen and oxygen atoms in total. The van der Waals surface area contributed by atoms with Crippen LogP contribution in [0.2, 0.25) is 0 Å². The minimum atomic E-state index is 1.13. The summed E-state index contributed by atoms with van der Waals surface area (Å²) in [6, 6.07) is 115. The number of fused-ring (bicyclic) bond motifs is 15. The number of anilines is 8. The molecular weight excluding hydrogens is 1230 g/mol. The van der Waals surface area contributed by atoms with Gasteiger partial charge in [-0.2, -0.15) is 0 Å². The van der Waals surface area contributed by atoms with Crippen LogP contribution in [-0.2, 0) is 0 Å². The maximum absolute atomic E-state index is 3.58. The van der Waals surface area contributed by atoms with Crippen molar-refractivity contribution in [3.63, 3.8) is 0 Å². The number of nitrogens with zero attached hydrogens (tertiary/aromatic N) is 2. The highest BCUT2D eigenvalue weighted by molar-refractivity contribution is 9.10. The Morgan fingerprint density at radius 1 is 0.198 bits per heavy atom. The first-order chi connectivity index (χ1) is 45.0. The minimum absolute atomic E-state index is 1.13. The maximum Gasteiger partial charge on any atom is 0.0540 e. The molecule has 0 aliphatic carbocycles. The van der Waals surface area contributed by atoms with Crippen LogP contribution in [-0.4, -0.2) is 0 Å². The van der Waals surface area contributed by atoms with Crippen molar-refractivity contribution >= 4 is 142 Å². The van der Waals surface area contributed by atoms with Gasteiger partial charge >= 0.3 is 0 Å². The highest BCUT2D eigenvalue weighted by atomic mass is 79.9. The van der Waals surface area contributed by atoms with Gasteiger partial charge in [0.2, 0.25) is 0 Å². The van der Waals surface area contributed by atoms with Gasteiger partial charge < -0.3 is 15.1 Å². The second-order valence-electron chi connectivity index (χ2n) is 23.8. The van der Waals surface area contributed by atoms with Crippen LogP contribution in [0, 0.1) is 0 Å². The molecule has 0 unspecified atom stereocenters. The van der Waals surface area contributed by atoms with E-state index in [0.29, 0.717) is 0 Å². The van der Waals surface area contributed by atoms with E-state index in [1.807, 2.05) is 0 Å². The summed E-state index contributed by atoms with van der Waals surface area (Å²) >= 11 is 7.16. The highest BCUT2D eigenvalue weighted by Gasteiger charge is 2.29. The predicted molar refractivity (Wildman–Crippen MR) is 395 cm³/mol. The molecule has 91 heavy (non-hydrogen) atoms. The van der Waals surface area contributed by atoms with Crippen molar-refractivity contribution < 1.29 is 0 Å². The second kappa shape index (κ2) is 21.5. The zero-order chi connectivity index (χ0) is 60.3. The molecule has 0 fully saturated rings. The fourth-order valence-electron chi connectivity index (χ4n) is 14.9. The van der Waals surface area contributed by atoms with E-state index in [9.17, 15) is 0 Å². The van der Waals surface area contributed by atoms with Gasteiger partial charge in [-0.1, -0.05) is 262 Å². The molecule has 3 aliphatic heterocycles. The predicted octanol–water partition coefficient (Wildman–Crippen LogP) is 26.0. The summed E-state index contributed by atoms with van der Waals surface area (Å²) in [7, 11) is 0. The SMILES string of the molecule is Brc1cc2ccc3cc(Br)cc4ccc(c1)c2c34.c1ccc2c(c1)-c1ccccc1N(c1cc3ccc4cc(N5c6ccccc6-c6ccccc6-c6ccccc65)cc5ccc(c1)c3c45)c1ccccc1-2.c1ccc2c(c1)Nc1ccccc1-c1ccccc1-2. The molecule has 3 aliphatic rings. The molecule has 0 saturated heterocycles. The lowest BCUT2D eigenvalue weighted by atomic mass is 9.92. The van der Waals surface area contributed by atoms with Gasteiger partial charge in [0.15, 0.2) is 0 Å². The van der Waals surface area contributed by atoms with Crippen molar-refractivity contribution in [1.82, 2.24) is 0 Å². The molecule has 20 rings (SSSR count). The Bertz CT molecular complexity index is 5150. The van der Waals surface area contributed by atoms with Crippen LogP contribution >= 0.6 is 31.9 Å². The molecule has 0 amide bonds. The molecule has 0 bridgehead atoms. The Balaban J connectivity index is 0.000000134. The molecule has 0 radical (unpaired) electrons. The van der Waals surface area contributed by atoms with E-state index in [0.717, 1.165) is 20.3 Å². The summed E-state index contributed by atoms with van der Waals surface area (Å²) in [5.74, 6) is 0. The van der Waals surface area contributed by atoms with Gasteiger partial charge in [-0.05, 0) is 183 Å². The zero-order valence-corrected chi connectivity index (χ0v) is 52.3. The van der Waals surface area contributed by atoms with Gasteiger partial charge in [-0.15, -0.1) is 0 Å². The summed E-state index contributed by atoms with van der Waals surface area (Å²) < 4.78 is 2.27. The van der Waals surface area contributed by atoms with Crippen molar-refractivity contribution in [1.29, 1.82) is 0 Å². The average Bonchev–Trinajstić information content (AvgIpc) is 1.32. The summed E-state index contributed by atoms with van der Waals surface area (Å²) in [6.07, 6.45) is 0. The Kier molecular flexibility index (Phi) is 12.6. The topological polar surface area (TPSA) is 18.5 Å². The molecule has 426 valence electrons. The Morgan fingerprint density at radius 3 is 0.659 bits per heavy atom. The van der Waals surface area contributed by atoms with Gasteiger partial charge in [0.25, 0.3) is 0 Å². The van der Waals surface area contributed by atoms with Gasteiger partial charge in [-0.25, -0.2) is 0 Å². The first kappa shape index (κ1) is 53.2. The zero-order valence-electron chi connectivity index (χ0n) is 49.2. The van der Waals surface area contributed by atoms with E-state index in [2.05, 4.69) is 362 Å². The number of hydrogen-bond donors (Lipinski definition) is 1. The summed E-state index contributed by atoms with van der Waals surface area (Å²) in [5, 5.41) is 19.0. The van der Waals surface area contributed by atoms with Crippen molar-refractivity contribution in [3.8, 4) is 66.8 Å². The van der Waals surface area contributed by atoms with Crippen LogP contribution in [0.1, 0.15) is 0 Å². The normalized spacial score (nSPS) is 12.3. The van der Waals surface area contributed by atoms with Crippen LogP contribution in [0.3, 0.4) is 0 Å². The third kappa shape index (κ3) is 8.75. The lowest BCUT2D eigenvalue weighted by Crippen LogP contribution is -2.11. The second-order valence-corrected chi connectivity index (χ2v) is 25.7. The molecule has 0 aromatic heterocycles. The lowest BCUT2D eigenvalue weighted by molar-refractivity contribution is 1.30. The summed E-state index contributed by atoms with van der Waals surface area (Å²) in [4.78, 5) is 4.92. The number of nitrogens with one attached hydrogen (secondary N) is 1. The Morgan fingerprint density at radius 2 is 0.396 bits per heavy atom. The molecule has 0 spiro atoms. The standard InChI is InChI=1S/C52H32N2.C18H13N.C16H8Br2/c1-2-14-40-39(13-1)43-17-5-9-21-47(43)53(48-22-10-6-18-44(40)48)37-29-33-25-27-35-31-38(32-36-28-26-34(30-37)51(33)52(35)36)54-49-23-11-7-19-45(49)41-15-3-4-16-42(41)46-20-8-12-24-50(46)54;1-2-8-14-13(7-1)15-9-3-5-11-17(15)19-18-12-6-4-10-16(14)18;17-13-5-9-1-2-10-6-14(18)8-12-4-3-11(7-13)15(9)16(10)12/h1-32H;1-12,19H;1-8H. The van der Waals surface area contributed by atoms with Crippen molar-refractivity contribution in [2.75, 3.05) is 15.1 Å². The van der Waals surface area contributed by atoms with E-state index in [4.69, 9.17) is 0 Å². The summed E-state index contributed by atoms with van der Waals surface area (Å²) in [5.41, 5.74) is 24.5. The smallest absolute Gasteiger partial charge is 0.0540 e. The van der Waals surface area contributed by atoms with Gasteiger partial charge in [0, 0.05) is 65.1 Å². The number of hydrogen-bond acceptors (Lipinski definition) is 3. The largest absolute Gasteiger partial charge is 0.355 e. The summed E-state index contributed by atoms with van der Waals surface area (Å²) in [6.45, 7) is 0. The van der Waals surface area contributed by atoms with Crippen molar-refractivity contribution in [3.05, 3.63) is 324 Å². The quantitative estimate of drug-likeness (QED) is 0.174. The molecular formula is C86H53Br2N3. The average molecular weight is 1290 g/mol. The van der Waals surface area contributed by atoms with Gasteiger partial charge in [0.05, 0.1) is 22.7 Å². The van der Waals surface area contributed by atoms with Crippen LogP contribution < -0.4 is 15.1 Å². The molecule has 0 atom stereocenters. The monoisotopic (exact) mass is 1290 g/mol. The third-order valence-corrected chi connectivity index (χ3v) is 19.6. The number of rotatable bonds is 2.